The van der Waals surface area contributed by atoms with E-state index in [0.29, 0.717) is 22.9 Å². The second-order valence-electron chi connectivity index (χ2n) is 8.60. The second kappa shape index (κ2) is 11.2. The molecule has 0 aliphatic rings. The topological polar surface area (TPSA) is 85.4 Å². The summed E-state index contributed by atoms with van der Waals surface area (Å²) in [5.74, 6) is -2.37. The molecule has 1 unspecified atom stereocenters. The number of nitrogens with zero attached hydrogens (tertiary/aromatic N) is 1. The highest BCUT2D eigenvalue weighted by Crippen LogP contribution is 2.38. The van der Waals surface area contributed by atoms with Crippen molar-refractivity contribution < 1.29 is 30.6 Å². The third-order valence-electron chi connectivity index (χ3n) is 5.88. The van der Waals surface area contributed by atoms with E-state index in [2.05, 4.69) is 10.3 Å². The van der Waals surface area contributed by atoms with Crippen molar-refractivity contribution in [1.29, 1.82) is 0 Å². The normalized spacial score (nSPS) is 12.7. The summed E-state index contributed by atoms with van der Waals surface area (Å²) >= 11 is 0. The van der Waals surface area contributed by atoms with E-state index in [0.717, 1.165) is 5.56 Å². The van der Waals surface area contributed by atoms with Crippen molar-refractivity contribution in [3.05, 3.63) is 96.1 Å². The summed E-state index contributed by atoms with van der Waals surface area (Å²) < 4.78 is 69.3. The van der Waals surface area contributed by atoms with Crippen LogP contribution in [0.5, 0.6) is 5.75 Å². The Kier molecular flexibility index (Phi) is 8.01. The fraction of sp³-hybridized carbons (Fsp3) is 0.214. The van der Waals surface area contributed by atoms with E-state index in [1.54, 1.807) is 54.6 Å². The smallest absolute Gasteiger partial charge is 0.379 e. The van der Waals surface area contributed by atoms with Crippen LogP contribution in [0, 0.1) is 0 Å². The van der Waals surface area contributed by atoms with Crippen LogP contribution in [0.15, 0.2) is 84.9 Å². The standard InChI is InChI=1S/C28H25F3N2O4S/c1-2-22(19-11-5-3-6-12-19)33-27(34)24-21-15-9-10-16-23(21)32-25(20-13-7-4-8-14-20)26(24)37-38(35,36)18-17-28(29,30)31/h3-16,22H,2,17-18H2,1H3,(H,33,34). The van der Waals surface area contributed by atoms with E-state index in [4.69, 9.17) is 4.18 Å². The van der Waals surface area contributed by atoms with Crippen molar-refractivity contribution in [2.75, 3.05) is 5.75 Å². The molecule has 0 bridgehead atoms. The van der Waals surface area contributed by atoms with E-state index >= 15 is 0 Å². The monoisotopic (exact) mass is 542 g/mol. The predicted octanol–water partition coefficient (Wildman–Crippen LogP) is 6.44. The fourth-order valence-electron chi connectivity index (χ4n) is 4.04. The maximum absolute atomic E-state index is 13.8. The molecule has 0 saturated carbocycles. The number of nitrogens with one attached hydrogen (secondary N) is 1. The molecular weight excluding hydrogens is 517 g/mol. The summed E-state index contributed by atoms with van der Waals surface area (Å²) in [5, 5.41) is 3.23. The second-order valence-corrected chi connectivity index (χ2v) is 10.3. The molecule has 0 radical (unpaired) electrons. The van der Waals surface area contributed by atoms with Crippen molar-refractivity contribution in [2.24, 2.45) is 0 Å². The van der Waals surface area contributed by atoms with Crippen LogP contribution in [0.2, 0.25) is 0 Å². The quantitative estimate of drug-likeness (QED) is 0.246. The van der Waals surface area contributed by atoms with Crippen LogP contribution < -0.4 is 9.50 Å². The Balaban J connectivity index is 1.89. The third-order valence-corrected chi connectivity index (χ3v) is 7.01. The molecule has 6 nitrogen and oxygen atoms in total. The van der Waals surface area contributed by atoms with Crippen LogP contribution in [-0.4, -0.2) is 31.2 Å². The van der Waals surface area contributed by atoms with Gasteiger partial charge in [0.05, 0.1) is 29.3 Å². The molecule has 198 valence electrons. The lowest BCUT2D eigenvalue weighted by Crippen LogP contribution is -2.29. The number of amides is 1. The van der Waals surface area contributed by atoms with Gasteiger partial charge in [0.15, 0.2) is 5.75 Å². The molecule has 1 amide bonds. The van der Waals surface area contributed by atoms with Gasteiger partial charge in [-0.3, -0.25) is 4.79 Å². The Labute approximate surface area is 218 Å². The number of benzene rings is 3. The van der Waals surface area contributed by atoms with E-state index < -0.39 is 46.2 Å². The lowest BCUT2D eigenvalue weighted by molar-refractivity contribution is -0.130. The largest absolute Gasteiger partial charge is 0.390 e. The maximum atomic E-state index is 13.8. The molecule has 0 spiro atoms. The van der Waals surface area contributed by atoms with Gasteiger partial charge in [0.2, 0.25) is 0 Å². The van der Waals surface area contributed by atoms with Crippen molar-refractivity contribution in [3.63, 3.8) is 0 Å². The summed E-state index contributed by atoms with van der Waals surface area (Å²) in [6.07, 6.45) is -5.76. The fourth-order valence-corrected chi connectivity index (χ4v) is 5.02. The number of halogens is 3. The predicted molar refractivity (Wildman–Crippen MR) is 139 cm³/mol. The molecule has 0 aliphatic heterocycles. The van der Waals surface area contributed by atoms with Gasteiger partial charge >= 0.3 is 16.3 Å². The summed E-state index contributed by atoms with van der Waals surface area (Å²) in [4.78, 5) is 18.4. The van der Waals surface area contributed by atoms with Crippen molar-refractivity contribution >= 4 is 26.9 Å². The zero-order chi connectivity index (χ0) is 27.3. The van der Waals surface area contributed by atoms with Crippen LogP contribution in [0.1, 0.15) is 41.7 Å². The Morgan fingerprint density at radius 2 is 1.55 bits per heavy atom. The summed E-state index contributed by atoms with van der Waals surface area (Å²) in [7, 11) is -4.75. The van der Waals surface area contributed by atoms with Crippen LogP contribution >= 0.6 is 0 Å². The Bertz CT molecular complexity index is 1530. The number of carbonyl (C=O) groups is 1. The lowest BCUT2D eigenvalue weighted by atomic mass is 10.00. The SMILES string of the molecule is CCC(NC(=O)c1c(OS(=O)(=O)CCC(F)(F)F)c(-c2ccccc2)nc2ccccc12)c1ccccc1. The van der Waals surface area contributed by atoms with Gasteiger partial charge in [-0.1, -0.05) is 85.8 Å². The van der Waals surface area contributed by atoms with Gasteiger partial charge in [0.1, 0.15) is 5.69 Å². The third kappa shape index (κ3) is 6.49. The van der Waals surface area contributed by atoms with Gasteiger partial charge in [0, 0.05) is 10.9 Å². The Hall–Kier alpha value is -3.92. The first-order valence-corrected chi connectivity index (χ1v) is 13.5. The van der Waals surface area contributed by atoms with E-state index in [1.807, 2.05) is 37.3 Å². The first-order chi connectivity index (χ1) is 18.1. The summed E-state index contributed by atoms with van der Waals surface area (Å²) in [6, 6.07) is 23.8. The maximum Gasteiger partial charge on any atom is 0.390 e. The Morgan fingerprint density at radius 1 is 0.947 bits per heavy atom. The van der Waals surface area contributed by atoms with Gasteiger partial charge in [-0.05, 0) is 18.1 Å². The van der Waals surface area contributed by atoms with Crippen molar-refractivity contribution in [2.45, 2.75) is 32.0 Å². The molecule has 10 heteroatoms. The minimum absolute atomic E-state index is 0.0257. The molecule has 0 saturated heterocycles. The number of fused-ring (bicyclic) bond motifs is 1. The molecule has 3 aromatic carbocycles. The number of hydrogen-bond donors (Lipinski definition) is 1. The van der Waals surface area contributed by atoms with Crippen LogP contribution in [0.25, 0.3) is 22.2 Å². The highest BCUT2D eigenvalue weighted by molar-refractivity contribution is 7.87. The minimum atomic E-state index is -4.75. The molecule has 0 fully saturated rings. The molecule has 38 heavy (non-hydrogen) atoms. The number of aromatic nitrogens is 1. The minimum Gasteiger partial charge on any atom is -0.379 e. The number of alkyl halides is 3. The number of para-hydroxylation sites is 1. The van der Waals surface area contributed by atoms with E-state index in [-0.39, 0.29) is 11.3 Å². The number of carbonyl (C=O) groups excluding carboxylic acids is 1. The first-order valence-electron chi connectivity index (χ1n) is 11.9. The molecule has 1 N–H and O–H groups in total. The number of hydrogen-bond acceptors (Lipinski definition) is 5. The van der Waals surface area contributed by atoms with Gasteiger partial charge in [-0.15, -0.1) is 0 Å². The molecule has 4 aromatic rings. The average Bonchev–Trinajstić information content (AvgIpc) is 2.90. The number of rotatable bonds is 9. The summed E-state index contributed by atoms with van der Waals surface area (Å²) in [5.41, 5.74) is 1.57. The first kappa shape index (κ1) is 27.1. The van der Waals surface area contributed by atoms with Gasteiger partial charge in [-0.25, -0.2) is 4.98 Å². The number of pyridine rings is 1. The van der Waals surface area contributed by atoms with Gasteiger partial charge in [0.25, 0.3) is 5.91 Å². The van der Waals surface area contributed by atoms with Crippen LogP contribution in [0.4, 0.5) is 13.2 Å². The van der Waals surface area contributed by atoms with E-state index in [1.165, 1.54) is 0 Å². The molecule has 4 rings (SSSR count). The van der Waals surface area contributed by atoms with Crippen LogP contribution in [0.3, 0.4) is 0 Å². The zero-order valence-electron chi connectivity index (χ0n) is 20.4. The molecule has 1 heterocycles. The molecule has 1 atom stereocenters. The van der Waals surface area contributed by atoms with Crippen molar-refractivity contribution in [1.82, 2.24) is 10.3 Å². The van der Waals surface area contributed by atoms with Gasteiger partial charge in [-0.2, -0.15) is 21.6 Å². The van der Waals surface area contributed by atoms with Gasteiger partial charge < -0.3 is 9.50 Å². The average molecular weight is 543 g/mol. The molecular formula is C28H25F3N2O4S. The van der Waals surface area contributed by atoms with Crippen LogP contribution in [-0.2, 0) is 10.1 Å². The Morgan fingerprint density at radius 3 is 2.18 bits per heavy atom. The lowest BCUT2D eigenvalue weighted by Gasteiger charge is -2.21. The van der Waals surface area contributed by atoms with Crippen molar-refractivity contribution in [3.8, 4) is 17.0 Å². The highest BCUT2D eigenvalue weighted by Gasteiger charge is 2.33. The molecule has 1 aromatic heterocycles. The zero-order valence-corrected chi connectivity index (χ0v) is 21.2. The molecule has 0 aliphatic carbocycles. The van der Waals surface area contributed by atoms with E-state index in [9.17, 15) is 26.4 Å². The summed E-state index contributed by atoms with van der Waals surface area (Å²) in [6.45, 7) is 1.89. The highest BCUT2D eigenvalue weighted by atomic mass is 32.2.